The summed E-state index contributed by atoms with van der Waals surface area (Å²) in [7, 11) is 0. The Kier molecular flexibility index (Phi) is 4.62. The molecule has 2 rings (SSSR count). The van der Waals surface area contributed by atoms with Gasteiger partial charge in [0.15, 0.2) is 0 Å². The first kappa shape index (κ1) is 12.3. The SMILES string of the molecule is C[C@H](CO)NC1CCN(C2CCCC2)CC1. The molecule has 1 saturated heterocycles. The molecule has 2 aliphatic rings. The van der Waals surface area contributed by atoms with Crippen LogP contribution in [0.15, 0.2) is 0 Å². The third-order valence-electron chi connectivity index (χ3n) is 4.16. The van der Waals surface area contributed by atoms with Crippen molar-refractivity contribution in [2.75, 3.05) is 19.7 Å². The van der Waals surface area contributed by atoms with Crippen LogP contribution in [0.3, 0.4) is 0 Å². The lowest BCUT2D eigenvalue weighted by Crippen LogP contribution is -2.48. The fourth-order valence-corrected chi connectivity index (χ4v) is 3.16. The monoisotopic (exact) mass is 226 g/mol. The Labute approximate surface area is 99.2 Å². The van der Waals surface area contributed by atoms with Gasteiger partial charge >= 0.3 is 0 Å². The van der Waals surface area contributed by atoms with Gasteiger partial charge < -0.3 is 15.3 Å². The zero-order valence-corrected chi connectivity index (χ0v) is 10.5. The highest BCUT2D eigenvalue weighted by molar-refractivity contribution is 4.84. The van der Waals surface area contributed by atoms with Crippen LogP contribution in [0.2, 0.25) is 0 Å². The maximum atomic E-state index is 9.02. The Bertz CT molecular complexity index is 196. The van der Waals surface area contributed by atoms with Crippen molar-refractivity contribution >= 4 is 0 Å². The Morgan fingerprint density at radius 3 is 2.38 bits per heavy atom. The predicted octanol–water partition coefficient (Wildman–Crippen LogP) is 1.36. The summed E-state index contributed by atoms with van der Waals surface area (Å²) < 4.78 is 0. The average Bonchev–Trinajstić information content (AvgIpc) is 2.83. The molecule has 3 heteroatoms. The molecule has 0 aromatic rings. The Morgan fingerprint density at radius 1 is 1.19 bits per heavy atom. The van der Waals surface area contributed by atoms with Gasteiger partial charge in [-0.1, -0.05) is 12.8 Å². The lowest BCUT2D eigenvalue weighted by molar-refractivity contribution is 0.135. The van der Waals surface area contributed by atoms with Crippen molar-refractivity contribution in [1.29, 1.82) is 0 Å². The number of nitrogens with one attached hydrogen (secondary N) is 1. The first-order chi connectivity index (χ1) is 7.79. The van der Waals surface area contributed by atoms with Crippen LogP contribution in [0.1, 0.15) is 45.4 Å². The first-order valence-corrected chi connectivity index (χ1v) is 6.90. The molecule has 0 spiro atoms. The van der Waals surface area contributed by atoms with Crippen molar-refractivity contribution < 1.29 is 5.11 Å². The molecule has 0 radical (unpaired) electrons. The normalized spacial score (nSPS) is 27.4. The molecule has 1 aliphatic carbocycles. The molecule has 94 valence electrons. The van der Waals surface area contributed by atoms with Crippen LogP contribution in [0.4, 0.5) is 0 Å². The zero-order chi connectivity index (χ0) is 11.4. The summed E-state index contributed by atoms with van der Waals surface area (Å²) >= 11 is 0. The van der Waals surface area contributed by atoms with Crippen LogP contribution in [0, 0.1) is 0 Å². The smallest absolute Gasteiger partial charge is 0.0582 e. The highest BCUT2D eigenvalue weighted by Crippen LogP contribution is 2.26. The highest BCUT2D eigenvalue weighted by atomic mass is 16.3. The third kappa shape index (κ3) is 3.19. The Balaban J connectivity index is 1.69. The summed E-state index contributed by atoms with van der Waals surface area (Å²) in [6.45, 7) is 4.81. The minimum atomic E-state index is 0.253. The van der Waals surface area contributed by atoms with Crippen molar-refractivity contribution in [3.8, 4) is 0 Å². The molecule has 2 N–H and O–H groups in total. The molecular formula is C13H26N2O. The molecule has 1 saturated carbocycles. The van der Waals surface area contributed by atoms with Crippen LogP contribution in [0.25, 0.3) is 0 Å². The van der Waals surface area contributed by atoms with Gasteiger partial charge in [-0.05, 0) is 45.7 Å². The van der Waals surface area contributed by atoms with Gasteiger partial charge in [0.1, 0.15) is 0 Å². The largest absolute Gasteiger partial charge is 0.395 e. The minimum absolute atomic E-state index is 0.253. The summed E-state index contributed by atoms with van der Waals surface area (Å²) in [5.41, 5.74) is 0. The lowest BCUT2D eigenvalue weighted by atomic mass is 10.0. The van der Waals surface area contributed by atoms with E-state index in [1.165, 1.54) is 51.6 Å². The van der Waals surface area contributed by atoms with Gasteiger partial charge in [-0.3, -0.25) is 0 Å². The average molecular weight is 226 g/mol. The van der Waals surface area contributed by atoms with Crippen molar-refractivity contribution in [2.45, 2.75) is 63.6 Å². The molecule has 1 heterocycles. The number of rotatable bonds is 4. The van der Waals surface area contributed by atoms with Crippen LogP contribution >= 0.6 is 0 Å². The second kappa shape index (κ2) is 5.99. The Hall–Kier alpha value is -0.120. The van der Waals surface area contributed by atoms with E-state index in [1.807, 2.05) is 0 Å². The maximum absolute atomic E-state index is 9.02. The maximum Gasteiger partial charge on any atom is 0.0582 e. The van der Waals surface area contributed by atoms with Gasteiger partial charge in [-0.25, -0.2) is 0 Å². The quantitative estimate of drug-likeness (QED) is 0.760. The van der Waals surface area contributed by atoms with Crippen LogP contribution < -0.4 is 5.32 Å². The number of hydrogen-bond acceptors (Lipinski definition) is 3. The van der Waals surface area contributed by atoms with Crippen molar-refractivity contribution in [1.82, 2.24) is 10.2 Å². The predicted molar refractivity (Wildman–Crippen MR) is 66.5 cm³/mol. The van der Waals surface area contributed by atoms with E-state index >= 15 is 0 Å². The number of nitrogens with zero attached hydrogens (tertiary/aromatic N) is 1. The molecule has 0 bridgehead atoms. The number of aliphatic hydroxyl groups is 1. The van der Waals surface area contributed by atoms with E-state index in [1.54, 1.807) is 0 Å². The van der Waals surface area contributed by atoms with Crippen molar-refractivity contribution in [3.63, 3.8) is 0 Å². The van der Waals surface area contributed by atoms with Crippen molar-refractivity contribution in [2.24, 2.45) is 0 Å². The van der Waals surface area contributed by atoms with Gasteiger partial charge in [0.25, 0.3) is 0 Å². The van der Waals surface area contributed by atoms with E-state index in [0.717, 1.165) is 6.04 Å². The first-order valence-electron chi connectivity index (χ1n) is 6.90. The second-order valence-electron chi connectivity index (χ2n) is 5.50. The second-order valence-corrected chi connectivity index (χ2v) is 5.50. The number of hydrogen-bond donors (Lipinski definition) is 2. The summed E-state index contributed by atoms with van der Waals surface area (Å²) in [6.07, 6.45) is 8.22. The van der Waals surface area contributed by atoms with Crippen LogP contribution in [0.5, 0.6) is 0 Å². The number of piperidine rings is 1. The van der Waals surface area contributed by atoms with Gasteiger partial charge in [0.2, 0.25) is 0 Å². The van der Waals surface area contributed by atoms with E-state index in [4.69, 9.17) is 5.11 Å². The molecule has 0 amide bonds. The minimum Gasteiger partial charge on any atom is -0.395 e. The molecule has 0 unspecified atom stereocenters. The molecule has 1 aliphatic heterocycles. The van der Waals surface area contributed by atoms with E-state index in [2.05, 4.69) is 17.1 Å². The molecule has 0 aromatic heterocycles. The highest BCUT2D eigenvalue weighted by Gasteiger charge is 2.27. The lowest BCUT2D eigenvalue weighted by Gasteiger charge is -2.37. The fourth-order valence-electron chi connectivity index (χ4n) is 3.16. The topological polar surface area (TPSA) is 35.5 Å². The van der Waals surface area contributed by atoms with E-state index in [0.29, 0.717) is 6.04 Å². The molecule has 1 atom stereocenters. The van der Waals surface area contributed by atoms with E-state index in [-0.39, 0.29) is 12.6 Å². The summed E-state index contributed by atoms with van der Waals surface area (Å²) in [5, 5.41) is 12.5. The van der Waals surface area contributed by atoms with Gasteiger partial charge in [-0.15, -0.1) is 0 Å². The Morgan fingerprint density at radius 2 is 1.81 bits per heavy atom. The molecular weight excluding hydrogens is 200 g/mol. The van der Waals surface area contributed by atoms with Gasteiger partial charge in [0.05, 0.1) is 6.61 Å². The van der Waals surface area contributed by atoms with Crippen molar-refractivity contribution in [3.05, 3.63) is 0 Å². The molecule has 16 heavy (non-hydrogen) atoms. The molecule has 3 nitrogen and oxygen atoms in total. The summed E-state index contributed by atoms with van der Waals surface area (Å²) in [4.78, 5) is 2.69. The molecule has 0 aromatic carbocycles. The standard InChI is InChI=1S/C13H26N2O/c1-11(10-16)14-12-6-8-15(9-7-12)13-4-2-3-5-13/h11-14,16H,2-10H2,1H3/t11-/m1/s1. The molecule has 2 fully saturated rings. The summed E-state index contributed by atoms with van der Waals surface area (Å²) in [5.74, 6) is 0. The third-order valence-corrected chi connectivity index (χ3v) is 4.16. The summed E-state index contributed by atoms with van der Waals surface area (Å²) in [6, 6.07) is 1.76. The number of aliphatic hydroxyl groups excluding tert-OH is 1. The zero-order valence-electron chi connectivity index (χ0n) is 10.5. The van der Waals surface area contributed by atoms with E-state index < -0.39 is 0 Å². The van der Waals surface area contributed by atoms with Crippen LogP contribution in [-0.2, 0) is 0 Å². The fraction of sp³-hybridized carbons (Fsp3) is 1.00. The van der Waals surface area contributed by atoms with Gasteiger partial charge in [0, 0.05) is 18.1 Å². The number of likely N-dealkylation sites (tertiary alicyclic amines) is 1. The van der Waals surface area contributed by atoms with Crippen LogP contribution in [-0.4, -0.2) is 47.8 Å². The van der Waals surface area contributed by atoms with E-state index in [9.17, 15) is 0 Å². The van der Waals surface area contributed by atoms with Gasteiger partial charge in [-0.2, -0.15) is 0 Å².